The molecule has 4 aliphatic rings. The molecule has 0 saturated heterocycles. The molecular weight excluding hydrogens is 833 g/mol. The Morgan fingerprint density at radius 3 is 1.30 bits per heavy atom. The number of hydrogen-bond donors (Lipinski definition) is 0. The van der Waals surface area contributed by atoms with Gasteiger partial charge in [0.25, 0.3) is 0 Å². The lowest BCUT2D eigenvalue weighted by Gasteiger charge is -2.31. The van der Waals surface area contributed by atoms with Gasteiger partial charge >= 0.3 is 23.9 Å². The Balaban J connectivity index is 1.04. The maximum absolute atomic E-state index is 14.3. The molecule has 0 spiro atoms. The van der Waals surface area contributed by atoms with Crippen LogP contribution in [0, 0.1) is 11.8 Å². The van der Waals surface area contributed by atoms with E-state index in [0.717, 1.165) is 56.4 Å². The van der Waals surface area contributed by atoms with Crippen LogP contribution in [0.2, 0.25) is 0 Å². The van der Waals surface area contributed by atoms with Crippen molar-refractivity contribution in [3.05, 3.63) is 222 Å². The summed E-state index contributed by atoms with van der Waals surface area (Å²) in [5.41, 5.74) is 8.36. The zero-order valence-corrected chi connectivity index (χ0v) is 35.7. The smallest absolute Gasteiger partial charge is 0.347 e. The van der Waals surface area contributed by atoms with Crippen LogP contribution in [0.25, 0.3) is 54.6 Å². The summed E-state index contributed by atoms with van der Waals surface area (Å²) in [6, 6.07) is 57.4. The fourth-order valence-electron chi connectivity index (χ4n) is 10.6. The van der Waals surface area contributed by atoms with Gasteiger partial charge in [-0.2, -0.15) is 0 Å². The van der Waals surface area contributed by atoms with E-state index >= 15 is 0 Å². The number of esters is 4. The third kappa shape index (κ3) is 5.93. The van der Waals surface area contributed by atoms with E-state index in [0.29, 0.717) is 34.1 Å². The van der Waals surface area contributed by atoms with E-state index in [4.69, 9.17) is 9.47 Å². The Kier molecular flexibility index (Phi) is 8.54. The van der Waals surface area contributed by atoms with Crippen LogP contribution in [-0.4, -0.2) is 23.9 Å². The quantitative estimate of drug-likeness (QED) is 0.110. The molecule has 0 amide bonds. The number of cyclic esters (lactones) is 4. The summed E-state index contributed by atoms with van der Waals surface area (Å²) < 4.78 is 11.2. The van der Waals surface area contributed by atoms with Gasteiger partial charge in [0.1, 0.15) is 0 Å². The van der Waals surface area contributed by atoms with Crippen LogP contribution < -0.4 is 9.80 Å². The van der Waals surface area contributed by atoms with E-state index in [1.807, 2.05) is 146 Å². The normalized spacial score (nSPS) is 16.7. The number of anilines is 5. The van der Waals surface area contributed by atoms with Gasteiger partial charge in [0.2, 0.25) is 0 Å². The lowest BCUT2D eigenvalue weighted by atomic mass is 9.80. The molecule has 318 valence electrons. The average molecular weight is 869 g/mol. The number of benzene rings is 9. The van der Waals surface area contributed by atoms with Gasteiger partial charge in [-0.3, -0.25) is 0 Å². The third-order valence-corrected chi connectivity index (χ3v) is 13.6. The predicted molar refractivity (Wildman–Crippen MR) is 261 cm³/mol. The minimum atomic E-state index is -0.869. The van der Waals surface area contributed by atoms with Crippen LogP contribution in [-0.2, 0) is 9.47 Å². The van der Waals surface area contributed by atoms with Crippen molar-refractivity contribution in [2.75, 3.05) is 9.80 Å². The van der Waals surface area contributed by atoms with Gasteiger partial charge in [-0.15, -0.1) is 0 Å². The van der Waals surface area contributed by atoms with Crippen molar-refractivity contribution in [1.29, 1.82) is 0 Å². The highest BCUT2D eigenvalue weighted by atomic mass is 16.6. The van der Waals surface area contributed by atoms with Crippen LogP contribution in [0.3, 0.4) is 0 Å². The number of carbonyl (C=O) groups is 4. The van der Waals surface area contributed by atoms with Gasteiger partial charge in [-0.1, -0.05) is 127 Å². The van der Waals surface area contributed by atoms with Crippen molar-refractivity contribution >= 4 is 84.6 Å². The van der Waals surface area contributed by atoms with Gasteiger partial charge in [0.15, 0.2) is 0 Å². The summed E-state index contributed by atoms with van der Waals surface area (Å²) in [6.07, 6.45) is 7.68. The van der Waals surface area contributed by atoms with Gasteiger partial charge < -0.3 is 19.3 Å². The summed E-state index contributed by atoms with van der Waals surface area (Å²) in [7, 11) is 0. The Hall–Kier alpha value is -8.88. The second-order valence-corrected chi connectivity index (χ2v) is 17.3. The second-order valence-electron chi connectivity index (χ2n) is 17.3. The van der Waals surface area contributed by atoms with E-state index in [9.17, 15) is 19.2 Å². The monoisotopic (exact) mass is 868 g/mol. The van der Waals surface area contributed by atoms with E-state index in [2.05, 4.69) is 46.2 Å². The fraction of sp³-hybridized carbons (Fsp3) is 0.0508. The first-order chi connectivity index (χ1) is 32.9. The van der Waals surface area contributed by atoms with Gasteiger partial charge in [0, 0.05) is 50.2 Å². The highest BCUT2D eigenvalue weighted by Crippen LogP contribution is 2.53. The molecule has 9 aromatic rings. The number of ether oxygens (including phenoxy) is 2. The lowest BCUT2D eigenvalue weighted by Crippen LogP contribution is -2.26. The maximum atomic E-state index is 14.3. The first-order valence-corrected chi connectivity index (χ1v) is 22.3. The molecule has 13 rings (SSSR count). The minimum Gasteiger partial charge on any atom is -0.386 e. The number of nitrogens with zero attached hydrogens (tertiary/aromatic N) is 2. The van der Waals surface area contributed by atoms with Crippen LogP contribution in [0.4, 0.5) is 28.4 Å². The lowest BCUT2D eigenvalue weighted by molar-refractivity contribution is 0.0366. The zero-order valence-electron chi connectivity index (χ0n) is 35.7. The largest absolute Gasteiger partial charge is 0.386 e. The van der Waals surface area contributed by atoms with Gasteiger partial charge in [-0.05, 0) is 112 Å². The van der Waals surface area contributed by atoms with Crippen LogP contribution in [0.1, 0.15) is 47.9 Å². The number of rotatable bonds is 8. The van der Waals surface area contributed by atoms with Crippen molar-refractivity contribution in [1.82, 2.24) is 0 Å². The van der Waals surface area contributed by atoms with Crippen molar-refractivity contribution < 1.29 is 28.7 Å². The van der Waals surface area contributed by atoms with Crippen molar-refractivity contribution in [3.8, 4) is 22.3 Å². The Labute approximate surface area is 384 Å². The third-order valence-electron chi connectivity index (χ3n) is 13.6. The predicted octanol–water partition coefficient (Wildman–Crippen LogP) is 13.8. The van der Waals surface area contributed by atoms with Gasteiger partial charge in [0.05, 0.1) is 33.6 Å². The van der Waals surface area contributed by atoms with Crippen LogP contribution in [0.5, 0.6) is 0 Å². The molecule has 8 nitrogen and oxygen atoms in total. The molecule has 0 N–H and O–H groups in total. The van der Waals surface area contributed by atoms with Crippen molar-refractivity contribution in [3.63, 3.8) is 0 Å². The Bertz CT molecular complexity index is 3670. The summed E-state index contributed by atoms with van der Waals surface area (Å²) in [5.74, 6) is -2.57. The van der Waals surface area contributed by atoms with Crippen molar-refractivity contribution in [2.45, 2.75) is 6.42 Å². The maximum Gasteiger partial charge on any atom is 0.347 e. The summed E-state index contributed by atoms with van der Waals surface area (Å²) in [6.45, 7) is 0. The zero-order chi connectivity index (χ0) is 44.9. The van der Waals surface area contributed by atoms with Crippen LogP contribution >= 0.6 is 0 Å². The molecule has 9 aromatic carbocycles. The molecule has 1 saturated carbocycles. The van der Waals surface area contributed by atoms with Crippen LogP contribution in [0.15, 0.2) is 200 Å². The van der Waals surface area contributed by atoms with E-state index in [1.165, 1.54) is 5.70 Å². The first kappa shape index (κ1) is 38.6. The van der Waals surface area contributed by atoms with E-state index < -0.39 is 23.9 Å². The molecular formula is C59H36N2O6. The second kappa shape index (κ2) is 14.8. The highest BCUT2D eigenvalue weighted by molar-refractivity contribution is 6.34. The Morgan fingerprint density at radius 2 is 0.821 bits per heavy atom. The molecule has 2 aliphatic carbocycles. The standard InChI is InChI=1S/C59H36N2O6/c62-56-47-32-45(40-27-29-50(42-24-12-10-22-38(40)42)60(35-16-4-1-5-17-35)36-18-6-2-7-19-36)54-52-48(57(63)66-58(54)64)33-46(55(53(47)52)59(65)67-56)41-28-30-51(43-25-13-11-23-39(41)43)61(37-20-8-3-9-21-37)49-26-14-15-34-31-44(34)49/h1-30,32-34,44H,31H2. The Morgan fingerprint density at radius 1 is 0.403 bits per heavy atom. The molecule has 2 aliphatic heterocycles. The topological polar surface area (TPSA) is 93.2 Å². The number of carbonyl (C=O) groups excluding carboxylic acids is 4. The summed E-state index contributed by atoms with van der Waals surface area (Å²) in [4.78, 5) is 61.3. The molecule has 67 heavy (non-hydrogen) atoms. The average Bonchev–Trinajstić information content (AvgIpc) is 4.17. The summed E-state index contributed by atoms with van der Waals surface area (Å²) in [5, 5.41) is 3.77. The molecule has 2 heterocycles. The minimum absolute atomic E-state index is 0.0739. The molecule has 0 bridgehead atoms. The molecule has 0 radical (unpaired) electrons. The number of fused-ring (bicyclic) bond motifs is 3. The molecule has 2 unspecified atom stereocenters. The molecule has 2 atom stereocenters. The summed E-state index contributed by atoms with van der Waals surface area (Å²) >= 11 is 0. The highest BCUT2D eigenvalue weighted by Gasteiger charge is 2.43. The molecule has 1 fully saturated rings. The number of hydrogen-bond acceptors (Lipinski definition) is 8. The van der Waals surface area contributed by atoms with Crippen molar-refractivity contribution in [2.24, 2.45) is 11.8 Å². The van der Waals surface area contributed by atoms with E-state index in [1.54, 1.807) is 12.1 Å². The number of para-hydroxylation sites is 3. The van der Waals surface area contributed by atoms with Gasteiger partial charge in [-0.25, -0.2) is 19.2 Å². The first-order valence-electron chi connectivity index (χ1n) is 22.3. The fourth-order valence-corrected chi connectivity index (χ4v) is 10.6. The number of allylic oxidation sites excluding steroid dienone is 4. The molecule has 8 heteroatoms. The SMILES string of the molecule is O=C1OC(=O)c2c(-c3ccc(N(C4=CC=CC5CC45)c4ccccc4)c4ccccc34)cc3c4c(c(-c5ccc(N(c6ccccc6)c6ccccc6)c6ccccc56)cc1c24)C(=O)OC3=O. The van der Waals surface area contributed by atoms with E-state index in [-0.39, 0.29) is 33.0 Å². The molecule has 0 aromatic heterocycles.